The molecule has 0 spiro atoms. The van der Waals surface area contributed by atoms with Crippen molar-refractivity contribution < 1.29 is 8.42 Å². The van der Waals surface area contributed by atoms with Crippen molar-refractivity contribution >= 4 is 49.0 Å². The van der Waals surface area contributed by atoms with Crippen molar-refractivity contribution in [3.63, 3.8) is 0 Å². The van der Waals surface area contributed by atoms with Crippen molar-refractivity contribution in [1.82, 2.24) is 19.3 Å². The molecule has 0 unspecified atom stereocenters. The van der Waals surface area contributed by atoms with E-state index >= 15 is 0 Å². The number of nitrogens with one attached hydrogen (secondary N) is 2. The van der Waals surface area contributed by atoms with Gasteiger partial charge in [-0.2, -0.15) is 14.9 Å². The lowest BCUT2D eigenvalue weighted by Gasteiger charge is -2.12. The van der Waals surface area contributed by atoms with Crippen molar-refractivity contribution in [2.75, 3.05) is 5.32 Å². The van der Waals surface area contributed by atoms with Crippen molar-refractivity contribution in [2.45, 2.75) is 18.0 Å². The first-order valence-corrected chi connectivity index (χ1v) is 14.1. The highest BCUT2D eigenvalue weighted by atomic mass is 79.9. The summed E-state index contributed by atoms with van der Waals surface area (Å²) in [6.45, 7) is 0.652. The average Bonchev–Trinajstić information content (AvgIpc) is 3.32. The van der Waals surface area contributed by atoms with Crippen LogP contribution in [0.25, 0.3) is 16.9 Å². The fourth-order valence-corrected chi connectivity index (χ4v) is 5.41. The van der Waals surface area contributed by atoms with Crippen LogP contribution < -0.4 is 10.0 Å². The Morgan fingerprint density at radius 1 is 0.974 bits per heavy atom. The number of nitrogens with zero attached hydrogens (tertiary/aromatic N) is 4. The summed E-state index contributed by atoms with van der Waals surface area (Å²) in [5.41, 5.74) is 4.42. The summed E-state index contributed by atoms with van der Waals surface area (Å²) in [5.74, 6) is 0.745. The second kappa shape index (κ2) is 10.9. The van der Waals surface area contributed by atoms with E-state index in [1.807, 2.05) is 60.7 Å². The van der Waals surface area contributed by atoms with E-state index in [1.54, 1.807) is 10.7 Å². The minimum atomic E-state index is -3.69. The first-order valence-electron chi connectivity index (χ1n) is 11.4. The van der Waals surface area contributed by atoms with E-state index in [-0.39, 0.29) is 11.4 Å². The summed E-state index contributed by atoms with van der Waals surface area (Å²) in [6.07, 6.45) is 1.69. The van der Waals surface area contributed by atoms with Gasteiger partial charge in [-0.15, -0.1) is 0 Å². The maximum Gasteiger partial charge on any atom is 0.240 e. The summed E-state index contributed by atoms with van der Waals surface area (Å²) >= 11 is 9.93. The number of aromatic nitrogens is 3. The number of sulfonamides is 1. The molecule has 0 aliphatic carbocycles. The summed E-state index contributed by atoms with van der Waals surface area (Å²) in [7, 11) is -3.69. The SMILES string of the molecule is N#Cc1ccc(S(=O)(=O)NCc2ccc(CNc3cc(-c4ccccc4Cl)nc4c(Br)cnn34)cc2)cc1. The first-order chi connectivity index (χ1) is 18.3. The van der Waals surface area contributed by atoms with Gasteiger partial charge < -0.3 is 5.32 Å². The Morgan fingerprint density at radius 2 is 1.66 bits per heavy atom. The number of benzene rings is 3. The van der Waals surface area contributed by atoms with Crippen molar-refractivity contribution in [3.05, 3.63) is 111 Å². The predicted molar refractivity (Wildman–Crippen MR) is 150 cm³/mol. The van der Waals surface area contributed by atoms with Gasteiger partial charge in [0.1, 0.15) is 5.82 Å². The van der Waals surface area contributed by atoms with Crippen LogP contribution >= 0.6 is 27.5 Å². The fourth-order valence-electron chi connectivity index (χ4n) is 3.81. The minimum absolute atomic E-state index is 0.113. The van der Waals surface area contributed by atoms with Crippen LogP contribution in [0.15, 0.2) is 94.4 Å². The average molecular weight is 608 g/mol. The maximum atomic E-state index is 12.6. The summed E-state index contributed by atoms with van der Waals surface area (Å²) in [4.78, 5) is 4.84. The normalized spacial score (nSPS) is 11.4. The van der Waals surface area contributed by atoms with Crippen LogP contribution in [0.2, 0.25) is 5.02 Å². The van der Waals surface area contributed by atoms with E-state index in [9.17, 15) is 8.42 Å². The van der Waals surface area contributed by atoms with E-state index in [0.717, 1.165) is 32.7 Å². The Labute approximate surface area is 233 Å². The van der Waals surface area contributed by atoms with Gasteiger partial charge in [0.2, 0.25) is 10.0 Å². The molecule has 0 radical (unpaired) electrons. The molecule has 0 aliphatic rings. The smallest absolute Gasteiger partial charge is 0.240 e. The van der Waals surface area contributed by atoms with Gasteiger partial charge in [0.15, 0.2) is 5.65 Å². The number of hydrogen-bond donors (Lipinski definition) is 2. The lowest BCUT2D eigenvalue weighted by atomic mass is 10.1. The molecule has 0 bridgehead atoms. The van der Waals surface area contributed by atoms with Gasteiger partial charge in [0.25, 0.3) is 0 Å². The standard InChI is InChI=1S/C27H20BrClN6O2S/c28-23-17-32-35-26(13-25(34-27(23)35)22-3-1-2-4-24(22)29)31-15-19-5-7-20(8-6-19)16-33-38(36,37)21-11-9-18(14-30)10-12-21/h1-13,17,31,33H,15-16H2. The second-order valence-corrected chi connectivity index (χ2v) is 11.4. The Bertz CT molecular complexity index is 1760. The van der Waals surface area contributed by atoms with E-state index in [0.29, 0.717) is 22.8 Å². The van der Waals surface area contributed by atoms with Crippen LogP contribution in [0.4, 0.5) is 5.82 Å². The number of hydrogen-bond acceptors (Lipinski definition) is 6. The molecule has 3 aromatic carbocycles. The fraction of sp³-hybridized carbons (Fsp3) is 0.0741. The molecular formula is C27H20BrClN6O2S. The van der Waals surface area contributed by atoms with Crippen molar-refractivity contribution in [1.29, 1.82) is 5.26 Å². The molecule has 5 aromatic rings. The number of nitriles is 1. The second-order valence-electron chi connectivity index (χ2n) is 8.37. The Hall–Kier alpha value is -3.75. The van der Waals surface area contributed by atoms with Gasteiger partial charge >= 0.3 is 0 Å². The van der Waals surface area contributed by atoms with Crippen LogP contribution in [-0.4, -0.2) is 23.0 Å². The van der Waals surface area contributed by atoms with E-state index in [2.05, 4.69) is 31.1 Å². The molecule has 0 saturated heterocycles. The highest BCUT2D eigenvalue weighted by molar-refractivity contribution is 9.10. The molecule has 190 valence electrons. The molecule has 2 heterocycles. The topological polar surface area (TPSA) is 112 Å². The summed E-state index contributed by atoms with van der Waals surface area (Å²) < 4.78 is 30.2. The van der Waals surface area contributed by atoms with E-state index < -0.39 is 10.0 Å². The van der Waals surface area contributed by atoms with Crippen LogP contribution in [0.5, 0.6) is 0 Å². The molecule has 0 saturated carbocycles. The molecule has 11 heteroatoms. The molecule has 8 nitrogen and oxygen atoms in total. The quantitative estimate of drug-likeness (QED) is 0.232. The molecule has 0 amide bonds. The molecule has 38 heavy (non-hydrogen) atoms. The third kappa shape index (κ3) is 5.56. The zero-order chi connectivity index (χ0) is 26.7. The minimum Gasteiger partial charge on any atom is -0.366 e. The van der Waals surface area contributed by atoms with Gasteiger partial charge in [0, 0.05) is 29.7 Å². The van der Waals surface area contributed by atoms with E-state index in [1.165, 1.54) is 24.3 Å². The van der Waals surface area contributed by atoms with Crippen LogP contribution in [-0.2, 0) is 23.1 Å². The van der Waals surface area contributed by atoms with Crippen molar-refractivity contribution in [3.8, 4) is 17.3 Å². The third-order valence-electron chi connectivity index (χ3n) is 5.84. The maximum absolute atomic E-state index is 12.6. The van der Waals surface area contributed by atoms with E-state index in [4.69, 9.17) is 21.8 Å². The monoisotopic (exact) mass is 606 g/mol. The van der Waals surface area contributed by atoms with Crippen LogP contribution in [0, 0.1) is 11.3 Å². The summed E-state index contributed by atoms with van der Waals surface area (Å²) in [6, 6.07) is 24.8. The number of anilines is 1. The molecule has 2 aromatic heterocycles. The first kappa shape index (κ1) is 25.9. The zero-order valence-electron chi connectivity index (χ0n) is 19.8. The van der Waals surface area contributed by atoms with Gasteiger partial charge in [-0.25, -0.2) is 18.1 Å². The molecule has 0 fully saturated rings. The van der Waals surface area contributed by atoms with Gasteiger partial charge in [-0.3, -0.25) is 0 Å². The number of fused-ring (bicyclic) bond motifs is 1. The third-order valence-corrected chi connectivity index (χ3v) is 8.14. The van der Waals surface area contributed by atoms with Gasteiger partial charge in [-0.1, -0.05) is 54.1 Å². The number of rotatable bonds is 8. The van der Waals surface area contributed by atoms with Crippen LogP contribution in [0.3, 0.4) is 0 Å². The molecule has 0 aliphatic heterocycles. The van der Waals surface area contributed by atoms with Gasteiger partial charge in [-0.05, 0) is 57.4 Å². The molecule has 0 atom stereocenters. The lowest BCUT2D eigenvalue weighted by Crippen LogP contribution is -2.23. The summed E-state index contributed by atoms with van der Waals surface area (Å²) in [5, 5.41) is 17.3. The highest BCUT2D eigenvalue weighted by Crippen LogP contribution is 2.30. The predicted octanol–water partition coefficient (Wildman–Crippen LogP) is 5.77. The molecule has 5 rings (SSSR count). The Morgan fingerprint density at radius 3 is 2.34 bits per heavy atom. The molecule has 2 N–H and O–H groups in total. The van der Waals surface area contributed by atoms with Crippen LogP contribution in [0.1, 0.15) is 16.7 Å². The zero-order valence-corrected chi connectivity index (χ0v) is 22.9. The lowest BCUT2D eigenvalue weighted by molar-refractivity contribution is 0.581. The highest BCUT2D eigenvalue weighted by Gasteiger charge is 2.15. The van der Waals surface area contributed by atoms with Gasteiger partial charge in [0.05, 0.1) is 32.9 Å². The Kier molecular flexibility index (Phi) is 7.44. The molecular weight excluding hydrogens is 588 g/mol. The Balaban J connectivity index is 1.29. The van der Waals surface area contributed by atoms with Crippen molar-refractivity contribution in [2.24, 2.45) is 0 Å². The number of halogens is 2. The largest absolute Gasteiger partial charge is 0.366 e.